The molecule has 0 bridgehead atoms. The summed E-state index contributed by atoms with van der Waals surface area (Å²) < 4.78 is 35.5. The van der Waals surface area contributed by atoms with E-state index in [-0.39, 0.29) is 30.8 Å². The van der Waals surface area contributed by atoms with Crippen LogP contribution in [0.15, 0.2) is 0 Å². The quantitative estimate of drug-likeness (QED) is 0.763. The predicted octanol–water partition coefficient (Wildman–Crippen LogP) is 0.624. The first-order chi connectivity index (χ1) is 6.41. The number of rotatable bonds is 3. The van der Waals surface area contributed by atoms with Crippen LogP contribution in [0.4, 0.5) is 4.39 Å². The molecule has 0 amide bonds. The van der Waals surface area contributed by atoms with Gasteiger partial charge in [-0.05, 0) is 12.8 Å². The lowest BCUT2D eigenvalue weighted by molar-refractivity contribution is -0.137. The molecule has 2 unspecified atom stereocenters. The fourth-order valence-corrected chi connectivity index (χ4v) is 3.39. The van der Waals surface area contributed by atoms with Crippen molar-refractivity contribution in [3.63, 3.8) is 0 Å². The number of alkyl halides is 1. The molecule has 0 aliphatic carbocycles. The summed E-state index contributed by atoms with van der Waals surface area (Å²) in [6.45, 7) is 0. The molecule has 1 rings (SSSR count). The second-order valence-corrected chi connectivity index (χ2v) is 5.84. The van der Waals surface area contributed by atoms with Gasteiger partial charge >= 0.3 is 5.97 Å². The van der Waals surface area contributed by atoms with Gasteiger partial charge in [-0.1, -0.05) is 0 Å². The zero-order valence-electron chi connectivity index (χ0n) is 7.65. The molecule has 4 nitrogen and oxygen atoms in total. The van der Waals surface area contributed by atoms with E-state index in [4.69, 9.17) is 5.11 Å². The zero-order chi connectivity index (χ0) is 10.8. The Balaban J connectivity index is 2.53. The molecular formula is C8H13FO4S. The van der Waals surface area contributed by atoms with Crippen LogP contribution >= 0.6 is 0 Å². The molecule has 82 valence electrons. The van der Waals surface area contributed by atoms with Crippen LogP contribution < -0.4 is 0 Å². The molecule has 0 aromatic heterocycles. The third kappa shape index (κ3) is 3.25. The number of carboxylic acid groups (broad SMARTS) is 1. The van der Waals surface area contributed by atoms with E-state index in [2.05, 4.69) is 0 Å². The Hall–Kier alpha value is -0.650. The van der Waals surface area contributed by atoms with Crippen molar-refractivity contribution in [2.24, 2.45) is 5.92 Å². The molecule has 0 radical (unpaired) electrons. The highest BCUT2D eigenvalue weighted by atomic mass is 32.2. The van der Waals surface area contributed by atoms with Crippen molar-refractivity contribution in [2.45, 2.75) is 25.4 Å². The lowest BCUT2D eigenvalue weighted by atomic mass is 9.98. The highest BCUT2D eigenvalue weighted by molar-refractivity contribution is 7.91. The summed E-state index contributed by atoms with van der Waals surface area (Å²) in [7, 11) is -3.15. The lowest BCUT2D eigenvalue weighted by Crippen LogP contribution is -2.34. The molecule has 1 aliphatic heterocycles. The average Bonchev–Trinajstić information content (AvgIpc) is 2.06. The molecule has 1 saturated heterocycles. The molecule has 1 aliphatic rings. The fraction of sp³-hybridized carbons (Fsp3) is 0.875. The summed E-state index contributed by atoms with van der Waals surface area (Å²) in [5.74, 6) is -1.97. The molecule has 0 aromatic carbocycles. The van der Waals surface area contributed by atoms with Crippen LogP contribution in [0.1, 0.15) is 19.3 Å². The van der Waals surface area contributed by atoms with E-state index in [1.54, 1.807) is 0 Å². The highest BCUT2D eigenvalue weighted by Crippen LogP contribution is 2.25. The molecule has 1 fully saturated rings. The molecule has 1 heterocycles. The van der Waals surface area contributed by atoms with E-state index < -0.39 is 27.9 Å². The maximum atomic E-state index is 13.2. The SMILES string of the molecule is O=C(O)CCC1CS(=O)(=O)CCC1F. The third-order valence-corrected chi connectivity index (χ3v) is 4.21. The smallest absolute Gasteiger partial charge is 0.303 e. The Bertz CT molecular complexity index is 311. The first-order valence-electron chi connectivity index (χ1n) is 4.47. The minimum atomic E-state index is -3.15. The van der Waals surface area contributed by atoms with Crippen LogP contribution in [0.25, 0.3) is 0 Å². The summed E-state index contributed by atoms with van der Waals surface area (Å²) in [6, 6.07) is 0. The third-order valence-electron chi connectivity index (χ3n) is 2.41. The van der Waals surface area contributed by atoms with Gasteiger partial charge in [0.15, 0.2) is 9.84 Å². The highest BCUT2D eigenvalue weighted by Gasteiger charge is 2.33. The van der Waals surface area contributed by atoms with Crippen molar-refractivity contribution in [1.82, 2.24) is 0 Å². The van der Waals surface area contributed by atoms with E-state index in [1.165, 1.54) is 0 Å². The zero-order valence-corrected chi connectivity index (χ0v) is 8.46. The number of halogens is 1. The Morgan fingerprint density at radius 1 is 1.50 bits per heavy atom. The molecular weight excluding hydrogens is 211 g/mol. The van der Waals surface area contributed by atoms with Gasteiger partial charge in [0.25, 0.3) is 0 Å². The van der Waals surface area contributed by atoms with Gasteiger partial charge in [0.05, 0.1) is 11.5 Å². The molecule has 0 saturated carbocycles. The van der Waals surface area contributed by atoms with E-state index in [0.29, 0.717) is 0 Å². The van der Waals surface area contributed by atoms with E-state index in [1.807, 2.05) is 0 Å². The second-order valence-electron chi connectivity index (χ2n) is 3.61. The van der Waals surface area contributed by atoms with Gasteiger partial charge in [-0.25, -0.2) is 12.8 Å². The van der Waals surface area contributed by atoms with Gasteiger partial charge < -0.3 is 5.11 Å². The topological polar surface area (TPSA) is 71.4 Å². The van der Waals surface area contributed by atoms with Crippen molar-refractivity contribution in [3.05, 3.63) is 0 Å². The van der Waals surface area contributed by atoms with Crippen LogP contribution in [-0.4, -0.2) is 37.2 Å². The van der Waals surface area contributed by atoms with Crippen molar-refractivity contribution in [3.8, 4) is 0 Å². The monoisotopic (exact) mass is 224 g/mol. The van der Waals surface area contributed by atoms with Crippen LogP contribution in [0, 0.1) is 5.92 Å². The minimum Gasteiger partial charge on any atom is -0.481 e. The van der Waals surface area contributed by atoms with Crippen LogP contribution in [-0.2, 0) is 14.6 Å². The van der Waals surface area contributed by atoms with Gasteiger partial charge in [0.2, 0.25) is 0 Å². The van der Waals surface area contributed by atoms with E-state index in [0.717, 1.165) is 0 Å². The normalized spacial score (nSPS) is 31.2. The van der Waals surface area contributed by atoms with Crippen molar-refractivity contribution >= 4 is 15.8 Å². The second kappa shape index (κ2) is 4.25. The fourth-order valence-electron chi connectivity index (χ4n) is 1.61. The Kier molecular flexibility index (Phi) is 3.47. The molecule has 14 heavy (non-hydrogen) atoms. The first kappa shape index (κ1) is 11.4. The summed E-state index contributed by atoms with van der Waals surface area (Å²) in [4.78, 5) is 10.2. The van der Waals surface area contributed by atoms with Crippen molar-refractivity contribution in [2.75, 3.05) is 11.5 Å². The molecule has 6 heteroatoms. The van der Waals surface area contributed by atoms with Crippen LogP contribution in [0.5, 0.6) is 0 Å². The summed E-state index contributed by atoms with van der Waals surface area (Å²) in [5.41, 5.74) is 0. The van der Waals surface area contributed by atoms with Gasteiger partial charge in [0, 0.05) is 12.3 Å². The van der Waals surface area contributed by atoms with Crippen molar-refractivity contribution < 1.29 is 22.7 Å². The molecule has 0 aromatic rings. The van der Waals surface area contributed by atoms with E-state index >= 15 is 0 Å². The lowest BCUT2D eigenvalue weighted by Gasteiger charge is -2.25. The minimum absolute atomic E-state index is 0.00657. The van der Waals surface area contributed by atoms with Gasteiger partial charge in [-0.3, -0.25) is 4.79 Å². The average molecular weight is 224 g/mol. The number of carbonyl (C=O) groups is 1. The Morgan fingerprint density at radius 2 is 2.14 bits per heavy atom. The van der Waals surface area contributed by atoms with Crippen molar-refractivity contribution in [1.29, 1.82) is 0 Å². The van der Waals surface area contributed by atoms with Crippen LogP contribution in [0.2, 0.25) is 0 Å². The summed E-state index contributed by atoms with van der Waals surface area (Å²) in [5, 5.41) is 8.39. The molecule has 0 spiro atoms. The predicted molar refractivity (Wildman–Crippen MR) is 48.5 cm³/mol. The number of carboxylic acids is 1. The largest absolute Gasteiger partial charge is 0.481 e. The van der Waals surface area contributed by atoms with Gasteiger partial charge in [0.1, 0.15) is 6.17 Å². The maximum absolute atomic E-state index is 13.2. The Labute approximate surface area is 82.0 Å². The summed E-state index contributed by atoms with van der Waals surface area (Å²) in [6.07, 6.45) is -1.22. The summed E-state index contributed by atoms with van der Waals surface area (Å²) >= 11 is 0. The molecule has 2 atom stereocenters. The van der Waals surface area contributed by atoms with Gasteiger partial charge in [-0.2, -0.15) is 0 Å². The maximum Gasteiger partial charge on any atom is 0.303 e. The van der Waals surface area contributed by atoms with Gasteiger partial charge in [-0.15, -0.1) is 0 Å². The van der Waals surface area contributed by atoms with Crippen LogP contribution in [0.3, 0.4) is 0 Å². The molecule has 1 N–H and O–H groups in total. The Morgan fingerprint density at radius 3 is 2.71 bits per heavy atom. The standard InChI is InChI=1S/C8H13FO4S/c9-7-3-4-14(12,13)5-6(7)1-2-8(10)11/h6-7H,1-5H2,(H,10,11). The number of sulfone groups is 1. The number of aliphatic carboxylic acids is 1. The van der Waals surface area contributed by atoms with E-state index in [9.17, 15) is 17.6 Å². The first-order valence-corrected chi connectivity index (χ1v) is 6.29. The number of hydrogen-bond acceptors (Lipinski definition) is 3. The number of hydrogen-bond donors (Lipinski definition) is 1.